The fourth-order valence-electron chi connectivity index (χ4n) is 3.63. The molecule has 6 heteroatoms. The van der Waals surface area contributed by atoms with Crippen molar-refractivity contribution in [2.24, 2.45) is 0 Å². The zero-order valence-electron chi connectivity index (χ0n) is 14.8. The lowest BCUT2D eigenvalue weighted by Crippen LogP contribution is -2.42. The summed E-state index contributed by atoms with van der Waals surface area (Å²) in [5.41, 5.74) is 3.19. The zero-order valence-corrected chi connectivity index (χ0v) is 14.8. The monoisotopic (exact) mass is 364 g/mol. The highest BCUT2D eigenvalue weighted by atomic mass is 16.6. The van der Waals surface area contributed by atoms with Crippen LogP contribution in [0.2, 0.25) is 0 Å². The summed E-state index contributed by atoms with van der Waals surface area (Å²) in [6, 6.07) is 17.8. The highest BCUT2D eigenvalue weighted by molar-refractivity contribution is 5.98. The third kappa shape index (κ3) is 3.56. The number of nitrogens with zero attached hydrogens (tertiary/aromatic N) is 2. The largest absolute Gasteiger partial charge is 0.439 e. The van der Waals surface area contributed by atoms with E-state index in [0.29, 0.717) is 25.9 Å². The Kier molecular flexibility index (Phi) is 4.62. The van der Waals surface area contributed by atoms with Crippen LogP contribution in [0, 0.1) is 0 Å². The Morgan fingerprint density at radius 2 is 1.70 bits per heavy atom. The van der Waals surface area contributed by atoms with Crippen LogP contribution in [0.5, 0.6) is 0 Å². The number of ether oxygens (including phenoxy) is 1. The number of rotatable bonds is 4. The number of carbonyl (C=O) groups excluding carboxylic acids is 3. The summed E-state index contributed by atoms with van der Waals surface area (Å²) in [6.07, 6.45) is 0.301. The van der Waals surface area contributed by atoms with E-state index in [4.69, 9.17) is 4.74 Å². The van der Waals surface area contributed by atoms with Crippen LogP contribution in [-0.4, -0.2) is 53.4 Å². The Morgan fingerprint density at radius 1 is 1.00 bits per heavy atom. The van der Waals surface area contributed by atoms with Crippen molar-refractivity contribution in [1.82, 2.24) is 9.80 Å². The van der Waals surface area contributed by atoms with Crippen molar-refractivity contribution in [3.05, 3.63) is 60.2 Å². The highest BCUT2D eigenvalue weighted by Gasteiger charge is 2.41. The predicted octanol–water partition coefficient (Wildman–Crippen LogP) is 2.48. The van der Waals surface area contributed by atoms with Crippen molar-refractivity contribution >= 4 is 17.9 Å². The number of amides is 3. The van der Waals surface area contributed by atoms with E-state index in [-0.39, 0.29) is 24.5 Å². The van der Waals surface area contributed by atoms with Crippen molar-refractivity contribution in [2.45, 2.75) is 18.9 Å². The number of hydrogen-bond acceptors (Lipinski definition) is 4. The van der Waals surface area contributed by atoms with Gasteiger partial charge in [0.1, 0.15) is 0 Å². The Bertz CT molecular complexity index is 848. The summed E-state index contributed by atoms with van der Waals surface area (Å²) in [4.78, 5) is 38.9. The lowest BCUT2D eigenvalue weighted by atomic mass is 10.0. The molecule has 6 nitrogen and oxygen atoms in total. The lowest BCUT2D eigenvalue weighted by Gasteiger charge is -2.20. The average Bonchev–Trinajstić information content (AvgIpc) is 3.29. The molecule has 0 radical (unpaired) electrons. The van der Waals surface area contributed by atoms with E-state index in [2.05, 4.69) is 12.1 Å². The summed E-state index contributed by atoms with van der Waals surface area (Å²) < 4.78 is 4.76. The Labute approximate surface area is 157 Å². The van der Waals surface area contributed by atoms with E-state index >= 15 is 0 Å². The Balaban J connectivity index is 1.37. The first-order valence-electron chi connectivity index (χ1n) is 9.03. The minimum atomic E-state index is -0.601. The Hall–Kier alpha value is -3.15. The molecule has 0 spiro atoms. The molecular formula is C21H20N2O4. The van der Waals surface area contributed by atoms with Gasteiger partial charge in [0.25, 0.3) is 5.91 Å². The molecule has 0 saturated carbocycles. The summed E-state index contributed by atoms with van der Waals surface area (Å²) in [5, 5.41) is 0. The average molecular weight is 364 g/mol. The van der Waals surface area contributed by atoms with Gasteiger partial charge in [0.05, 0.1) is 12.5 Å². The maximum atomic E-state index is 12.6. The van der Waals surface area contributed by atoms with Gasteiger partial charge in [0.2, 0.25) is 5.91 Å². The molecule has 4 rings (SSSR count). The van der Waals surface area contributed by atoms with Gasteiger partial charge in [-0.15, -0.1) is 0 Å². The van der Waals surface area contributed by atoms with E-state index < -0.39 is 6.09 Å². The van der Waals surface area contributed by atoms with Crippen molar-refractivity contribution in [3.8, 4) is 11.1 Å². The predicted molar refractivity (Wildman–Crippen MR) is 98.8 cm³/mol. The van der Waals surface area contributed by atoms with Crippen LogP contribution < -0.4 is 0 Å². The second-order valence-electron chi connectivity index (χ2n) is 6.84. The second-order valence-corrected chi connectivity index (χ2v) is 6.84. The fraction of sp³-hybridized carbons (Fsp3) is 0.286. The van der Waals surface area contributed by atoms with E-state index in [1.807, 2.05) is 42.5 Å². The van der Waals surface area contributed by atoms with Crippen molar-refractivity contribution in [2.75, 3.05) is 19.7 Å². The summed E-state index contributed by atoms with van der Waals surface area (Å²) in [6.45, 7) is 0.724. The SMILES string of the molecule is O=C(Cc1ccc(-c2ccccc2)cc1)N1CCC(N2C(=O)COC2=O)C1. The second kappa shape index (κ2) is 7.23. The van der Waals surface area contributed by atoms with Gasteiger partial charge >= 0.3 is 6.09 Å². The van der Waals surface area contributed by atoms with Crippen molar-refractivity contribution in [3.63, 3.8) is 0 Å². The first-order valence-corrected chi connectivity index (χ1v) is 9.03. The normalized spacial score (nSPS) is 19.5. The minimum Gasteiger partial charge on any atom is -0.439 e. The smallest absolute Gasteiger partial charge is 0.417 e. The molecule has 138 valence electrons. The zero-order chi connectivity index (χ0) is 18.8. The number of carbonyl (C=O) groups is 3. The van der Waals surface area contributed by atoms with Gasteiger partial charge in [-0.3, -0.25) is 9.59 Å². The Morgan fingerprint density at radius 3 is 2.37 bits per heavy atom. The van der Waals surface area contributed by atoms with E-state index in [1.165, 1.54) is 0 Å². The van der Waals surface area contributed by atoms with Crippen LogP contribution >= 0.6 is 0 Å². The molecule has 0 aromatic heterocycles. The van der Waals surface area contributed by atoms with Gasteiger partial charge in [0.15, 0.2) is 6.61 Å². The van der Waals surface area contributed by atoms with E-state index in [1.54, 1.807) is 4.90 Å². The molecule has 0 bridgehead atoms. The molecule has 2 aliphatic rings. The number of imide groups is 1. The molecule has 2 aliphatic heterocycles. The summed E-state index contributed by atoms with van der Waals surface area (Å²) >= 11 is 0. The van der Waals surface area contributed by atoms with Crippen molar-refractivity contribution in [1.29, 1.82) is 0 Å². The van der Waals surface area contributed by atoms with Crippen LogP contribution in [-0.2, 0) is 20.7 Å². The first kappa shape index (κ1) is 17.3. The van der Waals surface area contributed by atoms with Gasteiger partial charge in [0, 0.05) is 13.1 Å². The third-order valence-corrected chi connectivity index (χ3v) is 5.08. The molecular weight excluding hydrogens is 344 g/mol. The van der Waals surface area contributed by atoms with Gasteiger partial charge in [-0.05, 0) is 23.1 Å². The number of hydrogen-bond donors (Lipinski definition) is 0. The van der Waals surface area contributed by atoms with Gasteiger partial charge in [-0.2, -0.15) is 0 Å². The molecule has 0 N–H and O–H groups in total. The molecule has 3 amide bonds. The van der Waals surface area contributed by atoms with Crippen LogP contribution in [0.15, 0.2) is 54.6 Å². The summed E-state index contributed by atoms with van der Waals surface area (Å²) in [7, 11) is 0. The van der Waals surface area contributed by atoms with E-state index in [0.717, 1.165) is 21.6 Å². The molecule has 2 heterocycles. The lowest BCUT2D eigenvalue weighted by molar-refractivity contribution is -0.131. The first-order chi connectivity index (χ1) is 13.1. The quantitative estimate of drug-likeness (QED) is 0.836. The maximum Gasteiger partial charge on any atom is 0.417 e. The molecule has 0 aliphatic carbocycles. The number of cyclic esters (lactones) is 1. The highest BCUT2D eigenvalue weighted by Crippen LogP contribution is 2.22. The standard InChI is InChI=1S/C21H20N2O4/c24-19(22-11-10-18(13-22)23-20(25)14-27-21(23)26)12-15-6-8-17(9-7-15)16-4-2-1-3-5-16/h1-9,18H,10-14H2. The van der Waals surface area contributed by atoms with Gasteiger partial charge in [-0.1, -0.05) is 54.6 Å². The fourth-order valence-corrected chi connectivity index (χ4v) is 3.63. The summed E-state index contributed by atoms with van der Waals surface area (Å²) in [5.74, 6) is -0.319. The van der Waals surface area contributed by atoms with E-state index in [9.17, 15) is 14.4 Å². The third-order valence-electron chi connectivity index (χ3n) is 5.08. The van der Waals surface area contributed by atoms with Crippen LogP contribution in [0.25, 0.3) is 11.1 Å². The van der Waals surface area contributed by atoms with Crippen LogP contribution in [0.1, 0.15) is 12.0 Å². The van der Waals surface area contributed by atoms with Crippen molar-refractivity contribution < 1.29 is 19.1 Å². The van der Waals surface area contributed by atoms with Crippen LogP contribution in [0.4, 0.5) is 4.79 Å². The van der Waals surface area contributed by atoms with Gasteiger partial charge in [-0.25, -0.2) is 9.69 Å². The maximum absolute atomic E-state index is 12.6. The molecule has 2 aromatic carbocycles. The minimum absolute atomic E-state index is 0.00461. The number of likely N-dealkylation sites (tertiary alicyclic amines) is 1. The molecule has 2 aromatic rings. The molecule has 1 atom stereocenters. The number of benzene rings is 2. The molecule has 2 fully saturated rings. The topological polar surface area (TPSA) is 66.9 Å². The molecule has 1 unspecified atom stereocenters. The van der Waals surface area contributed by atoms with Gasteiger partial charge < -0.3 is 9.64 Å². The molecule has 27 heavy (non-hydrogen) atoms. The van der Waals surface area contributed by atoms with Crippen LogP contribution in [0.3, 0.4) is 0 Å². The molecule has 2 saturated heterocycles.